The lowest BCUT2D eigenvalue weighted by Gasteiger charge is -2.01. The third kappa shape index (κ3) is 1.88. The molecule has 0 amide bonds. The molecular formula is C10H9BrN4O. The van der Waals surface area contributed by atoms with Crippen LogP contribution >= 0.6 is 15.9 Å². The Balaban J connectivity index is 2.43. The van der Waals surface area contributed by atoms with Crippen LogP contribution in [0.2, 0.25) is 0 Å². The molecular weight excluding hydrogens is 272 g/mol. The normalized spacial score (nSPS) is 10.4. The van der Waals surface area contributed by atoms with Crippen LogP contribution < -0.4 is 0 Å². The van der Waals surface area contributed by atoms with Crippen LogP contribution in [0.15, 0.2) is 23.1 Å². The Labute approximate surface area is 101 Å². The second kappa shape index (κ2) is 4.13. The average Bonchev–Trinajstić information content (AvgIpc) is 2.59. The van der Waals surface area contributed by atoms with Gasteiger partial charge in [-0.2, -0.15) is 5.10 Å². The van der Waals surface area contributed by atoms with Gasteiger partial charge in [0.2, 0.25) is 11.6 Å². The molecule has 2 rings (SSSR count). The number of aromatic nitrogens is 4. The largest absolute Gasteiger partial charge is 0.283 e. The average molecular weight is 281 g/mol. The molecule has 0 fully saturated rings. The molecule has 0 unspecified atom stereocenters. The summed E-state index contributed by atoms with van der Waals surface area (Å²) >= 11 is 3.27. The van der Waals surface area contributed by atoms with Crippen LogP contribution in [0.3, 0.4) is 0 Å². The van der Waals surface area contributed by atoms with Crippen molar-refractivity contribution in [1.29, 1.82) is 0 Å². The van der Waals surface area contributed by atoms with Crippen LogP contribution in [-0.2, 0) is 7.05 Å². The summed E-state index contributed by atoms with van der Waals surface area (Å²) in [6.45, 7) is 1.87. The minimum absolute atomic E-state index is 0.176. The molecule has 16 heavy (non-hydrogen) atoms. The number of rotatable bonds is 2. The van der Waals surface area contributed by atoms with Crippen LogP contribution in [-0.4, -0.2) is 25.5 Å². The summed E-state index contributed by atoms with van der Waals surface area (Å²) in [7, 11) is 1.70. The van der Waals surface area contributed by atoms with Gasteiger partial charge in [-0.15, -0.1) is 0 Å². The highest BCUT2D eigenvalue weighted by Gasteiger charge is 2.19. The number of nitrogens with zero attached hydrogens (tertiary/aromatic N) is 4. The van der Waals surface area contributed by atoms with E-state index in [2.05, 4.69) is 31.0 Å². The standard InChI is InChI=1S/C10H9BrN4O/c1-6-3-12-10(13-4-6)9(16)8-7(11)5-14-15(8)2/h3-5H,1-2H3. The van der Waals surface area contributed by atoms with Gasteiger partial charge >= 0.3 is 0 Å². The molecule has 82 valence electrons. The van der Waals surface area contributed by atoms with Crippen LogP contribution in [0.5, 0.6) is 0 Å². The third-order valence-electron chi connectivity index (χ3n) is 2.09. The minimum Gasteiger partial charge on any atom is -0.283 e. The van der Waals surface area contributed by atoms with Crippen molar-refractivity contribution < 1.29 is 4.79 Å². The molecule has 0 radical (unpaired) electrons. The summed E-state index contributed by atoms with van der Waals surface area (Å²) < 4.78 is 2.14. The van der Waals surface area contributed by atoms with E-state index in [0.29, 0.717) is 10.2 Å². The van der Waals surface area contributed by atoms with E-state index in [4.69, 9.17) is 0 Å². The molecule has 0 aromatic carbocycles. The number of carbonyl (C=O) groups excluding carboxylic acids is 1. The highest BCUT2D eigenvalue weighted by molar-refractivity contribution is 9.10. The van der Waals surface area contributed by atoms with Gasteiger partial charge in [0, 0.05) is 19.4 Å². The number of hydrogen-bond donors (Lipinski definition) is 0. The minimum atomic E-state index is -0.244. The highest BCUT2D eigenvalue weighted by atomic mass is 79.9. The molecule has 0 atom stereocenters. The first-order valence-electron chi connectivity index (χ1n) is 4.60. The Hall–Kier alpha value is -1.56. The Morgan fingerprint density at radius 3 is 2.44 bits per heavy atom. The van der Waals surface area contributed by atoms with E-state index < -0.39 is 0 Å². The predicted molar refractivity (Wildman–Crippen MR) is 61.1 cm³/mol. The van der Waals surface area contributed by atoms with Crippen molar-refractivity contribution in [3.8, 4) is 0 Å². The zero-order chi connectivity index (χ0) is 11.7. The molecule has 0 saturated carbocycles. The van der Waals surface area contributed by atoms with E-state index in [-0.39, 0.29) is 11.6 Å². The molecule has 0 aliphatic rings. The molecule has 0 saturated heterocycles. The van der Waals surface area contributed by atoms with Crippen LogP contribution in [0.25, 0.3) is 0 Å². The van der Waals surface area contributed by atoms with Gasteiger partial charge in [0.05, 0.1) is 10.7 Å². The van der Waals surface area contributed by atoms with E-state index in [1.807, 2.05) is 6.92 Å². The Bertz CT molecular complexity index is 513. The number of halogens is 1. The number of aryl methyl sites for hydroxylation is 2. The summed E-state index contributed by atoms with van der Waals surface area (Å²) in [4.78, 5) is 20.0. The quantitative estimate of drug-likeness (QED) is 0.783. The van der Waals surface area contributed by atoms with E-state index in [1.165, 1.54) is 4.68 Å². The lowest BCUT2D eigenvalue weighted by Crippen LogP contribution is -2.12. The molecule has 0 aliphatic heterocycles. The van der Waals surface area contributed by atoms with E-state index in [1.54, 1.807) is 25.6 Å². The van der Waals surface area contributed by atoms with Gasteiger partial charge in [0.25, 0.3) is 0 Å². The predicted octanol–water partition coefficient (Wildman–Crippen LogP) is 1.51. The number of hydrogen-bond acceptors (Lipinski definition) is 4. The van der Waals surface area contributed by atoms with Crippen molar-refractivity contribution >= 4 is 21.7 Å². The van der Waals surface area contributed by atoms with Crippen LogP contribution in [0, 0.1) is 6.92 Å². The van der Waals surface area contributed by atoms with Gasteiger partial charge in [-0.25, -0.2) is 9.97 Å². The maximum absolute atomic E-state index is 12.0. The van der Waals surface area contributed by atoms with Crippen molar-refractivity contribution in [2.75, 3.05) is 0 Å². The Kier molecular flexibility index (Phi) is 2.82. The first-order chi connectivity index (χ1) is 7.59. The molecule has 2 aromatic heterocycles. The van der Waals surface area contributed by atoms with Crippen LogP contribution in [0.1, 0.15) is 21.9 Å². The van der Waals surface area contributed by atoms with E-state index in [0.717, 1.165) is 5.56 Å². The third-order valence-corrected chi connectivity index (χ3v) is 2.67. The Morgan fingerprint density at radius 2 is 1.94 bits per heavy atom. The van der Waals surface area contributed by atoms with Crippen molar-refractivity contribution in [3.05, 3.63) is 40.1 Å². The number of carbonyl (C=O) groups is 1. The molecule has 0 bridgehead atoms. The van der Waals surface area contributed by atoms with Gasteiger partial charge in [-0.05, 0) is 28.4 Å². The second-order valence-electron chi connectivity index (χ2n) is 3.38. The van der Waals surface area contributed by atoms with Crippen molar-refractivity contribution in [2.45, 2.75) is 6.92 Å². The van der Waals surface area contributed by atoms with E-state index >= 15 is 0 Å². The fraction of sp³-hybridized carbons (Fsp3) is 0.200. The smallest absolute Gasteiger partial charge is 0.249 e. The molecule has 2 heterocycles. The maximum Gasteiger partial charge on any atom is 0.249 e. The summed E-state index contributed by atoms with van der Waals surface area (Å²) in [6.07, 6.45) is 4.80. The zero-order valence-electron chi connectivity index (χ0n) is 8.81. The lowest BCUT2D eigenvalue weighted by atomic mass is 10.2. The molecule has 0 spiro atoms. The Morgan fingerprint density at radius 1 is 1.31 bits per heavy atom. The highest BCUT2D eigenvalue weighted by Crippen LogP contribution is 2.17. The SMILES string of the molecule is Cc1cnc(C(=O)c2c(Br)cnn2C)nc1. The molecule has 0 aliphatic carbocycles. The summed E-state index contributed by atoms with van der Waals surface area (Å²) in [6, 6.07) is 0. The number of ketones is 1. The lowest BCUT2D eigenvalue weighted by molar-refractivity contribution is 0.102. The summed E-state index contributed by atoms with van der Waals surface area (Å²) in [5.74, 6) is -0.0678. The van der Waals surface area contributed by atoms with Crippen LogP contribution in [0.4, 0.5) is 0 Å². The second-order valence-corrected chi connectivity index (χ2v) is 4.23. The summed E-state index contributed by atoms with van der Waals surface area (Å²) in [5.41, 5.74) is 1.37. The molecule has 0 N–H and O–H groups in total. The molecule has 6 heteroatoms. The van der Waals surface area contributed by atoms with Gasteiger partial charge in [-0.3, -0.25) is 9.48 Å². The first-order valence-corrected chi connectivity index (χ1v) is 5.39. The van der Waals surface area contributed by atoms with Crippen molar-refractivity contribution in [1.82, 2.24) is 19.7 Å². The van der Waals surface area contributed by atoms with Gasteiger partial charge < -0.3 is 0 Å². The van der Waals surface area contributed by atoms with Gasteiger partial charge in [-0.1, -0.05) is 0 Å². The molecule has 2 aromatic rings. The fourth-order valence-electron chi connectivity index (χ4n) is 1.28. The van der Waals surface area contributed by atoms with Crippen molar-refractivity contribution in [2.24, 2.45) is 7.05 Å². The van der Waals surface area contributed by atoms with Crippen molar-refractivity contribution in [3.63, 3.8) is 0 Å². The summed E-state index contributed by atoms with van der Waals surface area (Å²) in [5, 5.41) is 3.97. The zero-order valence-corrected chi connectivity index (χ0v) is 10.4. The maximum atomic E-state index is 12.0. The fourth-order valence-corrected chi connectivity index (χ4v) is 1.81. The van der Waals surface area contributed by atoms with Gasteiger partial charge in [0.1, 0.15) is 5.69 Å². The topological polar surface area (TPSA) is 60.7 Å². The van der Waals surface area contributed by atoms with Gasteiger partial charge in [0.15, 0.2) is 0 Å². The molecule has 5 nitrogen and oxygen atoms in total. The monoisotopic (exact) mass is 280 g/mol. The first kappa shape index (κ1) is 10.9. The van der Waals surface area contributed by atoms with E-state index in [9.17, 15) is 4.79 Å².